The second-order valence-electron chi connectivity index (χ2n) is 3.55. The number of nitrogens with two attached hydrogens (primary N) is 1. The van der Waals surface area contributed by atoms with E-state index in [0.29, 0.717) is 6.54 Å². The molecule has 0 aliphatic rings. The highest BCUT2D eigenvalue weighted by atomic mass is 16.3. The van der Waals surface area contributed by atoms with Gasteiger partial charge in [-0.25, -0.2) is 0 Å². The molecule has 1 amide bonds. The summed E-state index contributed by atoms with van der Waals surface area (Å²) in [5, 5.41) is 2.74. The van der Waals surface area contributed by atoms with Crippen molar-refractivity contribution in [1.29, 1.82) is 0 Å². The normalized spacial score (nSPS) is 12.4. The molecule has 0 bridgehead atoms. The number of unbranched alkanes of at least 4 members (excludes halogenated alkanes) is 1. The standard InChI is InChI=1S/C11H18N2O2/c1-2-3-6-10(12)11(14)13-8-9-5-4-7-15-9/h4-5,7,10H,2-3,6,8,12H2,1H3,(H,13,14). The molecule has 0 radical (unpaired) electrons. The third kappa shape index (κ3) is 4.16. The molecule has 0 saturated carbocycles. The van der Waals surface area contributed by atoms with Crippen molar-refractivity contribution < 1.29 is 9.21 Å². The van der Waals surface area contributed by atoms with Gasteiger partial charge in [0.25, 0.3) is 0 Å². The maximum atomic E-state index is 11.5. The summed E-state index contributed by atoms with van der Waals surface area (Å²) in [5.41, 5.74) is 5.70. The first-order chi connectivity index (χ1) is 7.24. The van der Waals surface area contributed by atoms with E-state index in [-0.39, 0.29) is 5.91 Å². The minimum Gasteiger partial charge on any atom is -0.467 e. The molecule has 3 N–H and O–H groups in total. The van der Waals surface area contributed by atoms with Gasteiger partial charge in [-0.1, -0.05) is 19.8 Å². The molecule has 1 rings (SSSR count). The lowest BCUT2D eigenvalue weighted by atomic mass is 10.1. The summed E-state index contributed by atoms with van der Waals surface area (Å²) in [4.78, 5) is 11.5. The van der Waals surface area contributed by atoms with E-state index in [4.69, 9.17) is 10.2 Å². The van der Waals surface area contributed by atoms with Crippen molar-refractivity contribution in [3.63, 3.8) is 0 Å². The summed E-state index contributed by atoms with van der Waals surface area (Å²) in [6, 6.07) is 3.20. The number of furan rings is 1. The van der Waals surface area contributed by atoms with Gasteiger partial charge in [0.2, 0.25) is 5.91 Å². The zero-order valence-electron chi connectivity index (χ0n) is 9.03. The second-order valence-corrected chi connectivity index (χ2v) is 3.55. The second kappa shape index (κ2) is 6.24. The fourth-order valence-corrected chi connectivity index (χ4v) is 1.27. The lowest BCUT2D eigenvalue weighted by Gasteiger charge is -2.10. The first-order valence-electron chi connectivity index (χ1n) is 5.29. The van der Waals surface area contributed by atoms with Gasteiger partial charge in [-0.15, -0.1) is 0 Å². The van der Waals surface area contributed by atoms with E-state index < -0.39 is 6.04 Å². The third-order valence-corrected chi connectivity index (χ3v) is 2.22. The van der Waals surface area contributed by atoms with Crippen molar-refractivity contribution in [1.82, 2.24) is 5.32 Å². The van der Waals surface area contributed by atoms with E-state index in [1.54, 1.807) is 12.3 Å². The van der Waals surface area contributed by atoms with Gasteiger partial charge in [0.05, 0.1) is 18.8 Å². The fraction of sp³-hybridized carbons (Fsp3) is 0.545. The van der Waals surface area contributed by atoms with Crippen LogP contribution >= 0.6 is 0 Å². The Morgan fingerprint density at radius 2 is 2.47 bits per heavy atom. The highest BCUT2D eigenvalue weighted by molar-refractivity contribution is 5.81. The summed E-state index contributed by atoms with van der Waals surface area (Å²) in [6.45, 7) is 2.49. The number of amides is 1. The molecule has 84 valence electrons. The average molecular weight is 210 g/mol. The molecule has 0 spiro atoms. The maximum Gasteiger partial charge on any atom is 0.237 e. The van der Waals surface area contributed by atoms with Gasteiger partial charge >= 0.3 is 0 Å². The zero-order valence-corrected chi connectivity index (χ0v) is 9.03. The quantitative estimate of drug-likeness (QED) is 0.746. The maximum absolute atomic E-state index is 11.5. The topological polar surface area (TPSA) is 68.3 Å². The van der Waals surface area contributed by atoms with Gasteiger partial charge in [-0.05, 0) is 18.6 Å². The van der Waals surface area contributed by atoms with Crippen LogP contribution in [0.25, 0.3) is 0 Å². The number of nitrogens with one attached hydrogen (secondary N) is 1. The number of carbonyl (C=O) groups is 1. The Morgan fingerprint density at radius 3 is 3.07 bits per heavy atom. The molecule has 15 heavy (non-hydrogen) atoms. The molecule has 1 unspecified atom stereocenters. The van der Waals surface area contributed by atoms with Crippen molar-refractivity contribution in [2.75, 3.05) is 0 Å². The van der Waals surface area contributed by atoms with Gasteiger partial charge in [0, 0.05) is 0 Å². The van der Waals surface area contributed by atoms with Crippen LogP contribution in [0, 0.1) is 0 Å². The van der Waals surface area contributed by atoms with Crippen molar-refractivity contribution in [3.05, 3.63) is 24.2 Å². The summed E-state index contributed by atoms with van der Waals surface area (Å²) in [5.74, 6) is 0.630. The van der Waals surface area contributed by atoms with Crippen LogP contribution in [0.5, 0.6) is 0 Å². The molecule has 1 heterocycles. The largest absolute Gasteiger partial charge is 0.467 e. The van der Waals surface area contributed by atoms with Crippen LogP contribution in [-0.2, 0) is 11.3 Å². The van der Waals surface area contributed by atoms with Gasteiger partial charge in [-0.3, -0.25) is 4.79 Å². The molecule has 0 aromatic carbocycles. The minimum absolute atomic E-state index is 0.111. The molecule has 4 nitrogen and oxygen atoms in total. The van der Waals surface area contributed by atoms with E-state index >= 15 is 0 Å². The first kappa shape index (κ1) is 11.8. The summed E-state index contributed by atoms with van der Waals surface area (Å²) < 4.78 is 5.09. The Morgan fingerprint density at radius 1 is 1.67 bits per heavy atom. The van der Waals surface area contributed by atoms with E-state index in [0.717, 1.165) is 25.0 Å². The molecule has 0 fully saturated rings. The number of hydrogen-bond acceptors (Lipinski definition) is 3. The van der Waals surface area contributed by atoms with Crippen molar-refractivity contribution in [2.45, 2.75) is 38.8 Å². The zero-order chi connectivity index (χ0) is 11.1. The Balaban J connectivity index is 2.23. The van der Waals surface area contributed by atoms with Crippen LogP contribution in [0.1, 0.15) is 31.9 Å². The minimum atomic E-state index is -0.403. The smallest absolute Gasteiger partial charge is 0.237 e. The molecule has 0 aliphatic carbocycles. The van der Waals surface area contributed by atoms with E-state index in [2.05, 4.69) is 12.2 Å². The van der Waals surface area contributed by atoms with Gasteiger partial charge in [0.15, 0.2) is 0 Å². The number of carbonyl (C=O) groups excluding carboxylic acids is 1. The first-order valence-corrected chi connectivity index (χ1v) is 5.29. The number of hydrogen-bond donors (Lipinski definition) is 2. The summed E-state index contributed by atoms with van der Waals surface area (Å²) in [7, 11) is 0. The van der Waals surface area contributed by atoms with Gasteiger partial charge < -0.3 is 15.5 Å². The van der Waals surface area contributed by atoms with Crippen molar-refractivity contribution in [3.8, 4) is 0 Å². The molecular weight excluding hydrogens is 192 g/mol. The molecule has 4 heteroatoms. The molecule has 0 saturated heterocycles. The van der Waals surface area contributed by atoms with Crippen LogP contribution in [0.4, 0.5) is 0 Å². The van der Waals surface area contributed by atoms with Crippen molar-refractivity contribution in [2.24, 2.45) is 5.73 Å². The van der Waals surface area contributed by atoms with Crippen LogP contribution in [0.3, 0.4) is 0 Å². The molecule has 0 aliphatic heterocycles. The lowest BCUT2D eigenvalue weighted by Crippen LogP contribution is -2.40. The van der Waals surface area contributed by atoms with Crippen LogP contribution in [0.2, 0.25) is 0 Å². The average Bonchev–Trinajstić information content (AvgIpc) is 2.75. The molecule has 1 aromatic heterocycles. The molecule has 1 aromatic rings. The third-order valence-electron chi connectivity index (χ3n) is 2.22. The van der Waals surface area contributed by atoms with Crippen LogP contribution in [0.15, 0.2) is 22.8 Å². The Bertz CT molecular complexity index is 283. The lowest BCUT2D eigenvalue weighted by molar-refractivity contribution is -0.122. The van der Waals surface area contributed by atoms with Crippen LogP contribution < -0.4 is 11.1 Å². The number of rotatable bonds is 6. The monoisotopic (exact) mass is 210 g/mol. The van der Waals surface area contributed by atoms with E-state index in [9.17, 15) is 4.79 Å². The van der Waals surface area contributed by atoms with Gasteiger partial charge in [-0.2, -0.15) is 0 Å². The SMILES string of the molecule is CCCCC(N)C(=O)NCc1ccco1. The van der Waals surface area contributed by atoms with Crippen LogP contribution in [-0.4, -0.2) is 11.9 Å². The Hall–Kier alpha value is -1.29. The van der Waals surface area contributed by atoms with E-state index in [1.807, 2.05) is 6.07 Å². The highest BCUT2D eigenvalue weighted by Gasteiger charge is 2.12. The fourth-order valence-electron chi connectivity index (χ4n) is 1.27. The van der Waals surface area contributed by atoms with Crippen molar-refractivity contribution >= 4 is 5.91 Å². The predicted octanol–water partition coefficient (Wildman–Crippen LogP) is 1.41. The molecule has 1 atom stereocenters. The Labute approximate surface area is 89.8 Å². The summed E-state index contributed by atoms with van der Waals surface area (Å²) >= 11 is 0. The van der Waals surface area contributed by atoms with Gasteiger partial charge in [0.1, 0.15) is 5.76 Å². The highest BCUT2D eigenvalue weighted by Crippen LogP contribution is 2.01. The predicted molar refractivity (Wildman–Crippen MR) is 58.1 cm³/mol. The Kier molecular flexibility index (Phi) is 4.90. The summed E-state index contributed by atoms with van der Waals surface area (Å²) in [6.07, 6.45) is 4.35. The van der Waals surface area contributed by atoms with E-state index in [1.165, 1.54) is 0 Å². The molecular formula is C11H18N2O2.